The molecule has 0 aromatic carbocycles. The quantitative estimate of drug-likeness (QED) is 0.663. The van der Waals surface area contributed by atoms with Gasteiger partial charge in [-0.2, -0.15) is 0 Å². The number of aliphatic hydroxyl groups excluding tert-OH is 1. The molecule has 0 radical (unpaired) electrons. The fourth-order valence-corrected chi connectivity index (χ4v) is 3.60. The molecule has 2 aliphatic rings. The van der Waals surface area contributed by atoms with E-state index in [-0.39, 0.29) is 23.5 Å². The first-order chi connectivity index (χ1) is 7.32. The van der Waals surface area contributed by atoms with Crippen LogP contribution in [0.2, 0.25) is 0 Å². The smallest absolute Gasteiger partial charge is 0.407 e. The van der Waals surface area contributed by atoms with Crippen molar-refractivity contribution in [3.05, 3.63) is 0 Å². The zero-order valence-corrected chi connectivity index (χ0v) is 10.2. The molecule has 0 aromatic heterocycles. The van der Waals surface area contributed by atoms with Crippen LogP contribution in [0.1, 0.15) is 33.6 Å². The van der Waals surface area contributed by atoms with Gasteiger partial charge in [-0.3, -0.25) is 0 Å². The van der Waals surface area contributed by atoms with Crippen LogP contribution in [0.15, 0.2) is 0 Å². The number of likely N-dealkylation sites (tertiary alicyclic amines) is 1. The predicted octanol–water partition coefficient (Wildman–Crippen LogP) is 1.78. The molecule has 1 saturated carbocycles. The van der Waals surface area contributed by atoms with E-state index in [1.54, 1.807) is 0 Å². The molecule has 92 valence electrons. The normalized spacial score (nSPS) is 38.9. The third-order valence-electron chi connectivity index (χ3n) is 4.12. The molecule has 1 unspecified atom stereocenters. The summed E-state index contributed by atoms with van der Waals surface area (Å²) in [5.41, 5.74) is -0.0537. The second-order valence-corrected chi connectivity index (χ2v) is 6.22. The number of hydrogen-bond acceptors (Lipinski definition) is 2. The standard InChI is InChI=1S/C12H21NO3/c1-12(2,3)10-7-4-5-9(14)8(7)6-13(10)11(15)16/h7-10,14H,4-6H2,1-3H3,(H,15,16)/t7-,8-,9+,10?/m0/s1. The lowest BCUT2D eigenvalue weighted by Gasteiger charge is -2.36. The van der Waals surface area contributed by atoms with Gasteiger partial charge in [0.15, 0.2) is 0 Å². The molecule has 4 heteroatoms. The number of carbonyl (C=O) groups is 1. The van der Waals surface area contributed by atoms with Crippen LogP contribution in [0.25, 0.3) is 0 Å². The zero-order valence-electron chi connectivity index (χ0n) is 10.2. The first-order valence-corrected chi connectivity index (χ1v) is 6.00. The van der Waals surface area contributed by atoms with E-state index in [2.05, 4.69) is 20.8 Å². The molecule has 4 nitrogen and oxygen atoms in total. The second-order valence-electron chi connectivity index (χ2n) is 6.22. The van der Waals surface area contributed by atoms with Crippen molar-refractivity contribution < 1.29 is 15.0 Å². The van der Waals surface area contributed by atoms with Crippen molar-refractivity contribution >= 4 is 6.09 Å². The highest BCUT2D eigenvalue weighted by atomic mass is 16.4. The van der Waals surface area contributed by atoms with Crippen molar-refractivity contribution in [1.29, 1.82) is 0 Å². The van der Waals surface area contributed by atoms with E-state index in [1.165, 1.54) is 4.90 Å². The largest absolute Gasteiger partial charge is 0.465 e. The fraction of sp³-hybridized carbons (Fsp3) is 0.917. The summed E-state index contributed by atoms with van der Waals surface area (Å²) < 4.78 is 0. The average molecular weight is 227 g/mol. The number of rotatable bonds is 0. The summed E-state index contributed by atoms with van der Waals surface area (Å²) in [6, 6.07) is 0.0483. The Morgan fingerprint density at radius 3 is 2.38 bits per heavy atom. The molecular formula is C12H21NO3. The van der Waals surface area contributed by atoms with Crippen LogP contribution in [0.5, 0.6) is 0 Å². The van der Waals surface area contributed by atoms with Crippen LogP contribution in [-0.2, 0) is 0 Å². The van der Waals surface area contributed by atoms with Gasteiger partial charge in [0.2, 0.25) is 0 Å². The van der Waals surface area contributed by atoms with Crippen LogP contribution >= 0.6 is 0 Å². The summed E-state index contributed by atoms with van der Waals surface area (Å²) in [6.45, 7) is 6.76. The predicted molar refractivity (Wildman–Crippen MR) is 60.2 cm³/mol. The molecule has 4 atom stereocenters. The minimum Gasteiger partial charge on any atom is -0.465 e. The molecule has 1 amide bonds. The van der Waals surface area contributed by atoms with Gasteiger partial charge in [-0.25, -0.2) is 4.79 Å². The van der Waals surface area contributed by atoms with E-state index in [1.807, 2.05) is 0 Å². The van der Waals surface area contributed by atoms with Gasteiger partial charge in [-0.15, -0.1) is 0 Å². The maximum absolute atomic E-state index is 11.2. The van der Waals surface area contributed by atoms with Crippen molar-refractivity contribution in [2.75, 3.05) is 6.54 Å². The van der Waals surface area contributed by atoms with Gasteiger partial charge in [0.25, 0.3) is 0 Å². The maximum atomic E-state index is 11.2. The van der Waals surface area contributed by atoms with Gasteiger partial charge in [-0.1, -0.05) is 20.8 Å². The summed E-state index contributed by atoms with van der Waals surface area (Å²) in [7, 11) is 0. The molecule has 2 fully saturated rings. The topological polar surface area (TPSA) is 60.8 Å². The minimum atomic E-state index is -0.846. The van der Waals surface area contributed by atoms with Crippen LogP contribution in [0.4, 0.5) is 4.79 Å². The zero-order chi connectivity index (χ0) is 12.1. The summed E-state index contributed by atoms with van der Waals surface area (Å²) in [4.78, 5) is 12.8. The van der Waals surface area contributed by atoms with Gasteiger partial charge in [0.1, 0.15) is 0 Å². The number of hydrogen-bond donors (Lipinski definition) is 2. The summed E-state index contributed by atoms with van der Waals surface area (Å²) in [5.74, 6) is 0.492. The lowest BCUT2D eigenvalue weighted by Crippen LogP contribution is -2.45. The Morgan fingerprint density at radius 2 is 1.88 bits per heavy atom. The van der Waals surface area contributed by atoms with E-state index in [0.29, 0.717) is 12.5 Å². The fourth-order valence-electron chi connectivity index (χ4n) is 3.60. The SMILES string of the molecule is CC(C)(C)C1[C@H]2CC[C@@H](O)[C@H]2CN1C(=O)O. The molecule has 1 saturated heterocycles. The highest BCUT2D eigenvalue weighted by Crippen LogP contribution is 2.47. The molecule has 1 aliphatic carbocycles. The van der Waals surface area contributed by atoms with Crippen molar-refractivity contribution in [2.24, 2.45) is 17.3 Å². The van der Waals surface area contributed by atoms with Gasteiger partial charge in [0.05, 0.1) is 6.10 Å². The van der Waals surface area contributed by atoms with Crippen molar-refractivity contribution in [3.63, 3.8) is 0 Å². The van der Waals surface area contributed by atoms with Crippen molar-refractivity contribution in [3.8, 4) is 0 Å². The first kappa shape index (κ1) is 11.7. The summed E-state index contributed by atoms with van der Waals surface area (Å²) in [6.07, 6.45) is 0.633. The molecule has 0 bridgehead atoms. The molecule has 16 heavy (non-hydrogen) atoms. The Hall–Kier alpha value is -0.770. The van der Waals surface area contributed by atoms with E-state index >= 15 is 0 Å². The van der Waals surface area contributed by atoms with Gasteiger partial charge in [0, 0.05) is 18.5 Å². The van der Waals surface area contributed by atoms with E-state index in [4.69, 9.17) is 0 Å². The molecular weight excluding hydrogens is 206 g/mol. The van der Waals surface area contributed by atoms with Crippen LogP contribution < -0.4 is 0 Å². The van der Waals surface area contributed by atoms with E-state index < -0.39 is 6.09 Å². The second kappa shape index (κ2) is 3.62. The van der Waals surface area contributed by atoms with E-state index in [0.717, 1.165) is 12.8 Å². The summed E-state index contributed by atoms with van der Waals surface area (Å²) in [5, 5.41) is 19.1. The van der Waals surface area contributed by atoms with Crippen molar-refractivity contribution in [1.82, 2.24) is 4.90 Å². The number of carboxylic acid groups (broad SMARTS) is 1. The number of aliphatic hydroxyl groups is 1. The average Bonchev–Trinajstić information content (AvgIpc) is 2.64. The van der Waals surface area contributed by atoms with Crippen LogP contribution in [0.3, 0.4) is 0 Å². The molecule has 0 aromatic rings. The Morgan fingerprint density at radius 1 is 1.25 bits per heavy atom. The minimum absolute atomic E-state index is 0.0483. The Labute approximate surface area is 96.3 Å². The monoisotopic (exact) mass is 227 g/mol. The number of nitrogens with zero attached hydrogens (tertiary/aromatic N) is 1. The molecule has 0 spiro atoms. The first-order valence-electron chi connectivity index (χ1n) is 6.00. The van der Waals surface area contributed by atoms with Gasteiger partial charge < -0.3 is 15.1 Å². The Balaban J connectivity index is 2.27. The van der Waals surface area contributed by atoms with Crippen molar-refractivity contribution in [2.45, 2.75) is 45.8 Å². The summed E-state index contributed by atoms with van der Waals surface area (Å²) >= 11 is 0. The maximum Gasteiger partial charge on any atom is 0.407 e. The van der Waals surface area contributed by atoms with E-state index in [9.17, 15) is 15.0 Å². The van der Waals surface area contributed by atoms with Crippen LogP contribution in [0, 0.1) is 17.3 Å². The molecule has 2 N–H and O–H groups in total. The third-order valence-corrected chi connectivity index (χ3v) is 4.12. The third kappa shape index (κ3) is 1.69. The number of amides is 1. The molecule has 2 rings (SSSR count). The molecule has 1 heterocycles. The highest BCUT2D eigenvalue weighted by Gasteiger charge is 2.53. The number of fused-ring (bicyclic) bond motifs is 1. The lowest BCUT2D eigenvalue weighted by molar-refractivity contribution is 0.0887. The molecule has 1 aliphatic heterocycles. The lowest BCUT2D eigenvalue weighted by atomic mass is 9.77. The van der Waals surface area contributed by atoms with Crippen LogP contribution in [-0.4, -0.2) is 39.9 Å². The van der Waals surface area contributed by atoms with Gasteiger partial charge in [-0.05, 0) is 24.2 Å². The Kier molecular flexibility index (Phi) is 2.65. The Bertz CT molecular complexity index is 297. The van der Waals surface area contributed by atoms with Gasteiger partial charge >= 0.3 is 6.09 Å². The highest BCUT2D eigenvalue weighted by molar-refractivity contribution is 5.66.